The zero-order chi connectivity index (χ0) is 19.2. The van der Waals surface area contributed by atoms with Gasteiger partial charge in [-0.05, 0) is 43.2 Å². The Morgan fingerprint density at radius 3 is 2.78 bits per heavy atom. The molecule has 0 radical (unpaired) electrons. The van der Waals surface area contributed by atoms with Gasteiger partial charge in [0.15, 0.2) is 10.4 Å². The number of nitrogens with zero attached hydrogens (tertiary/aromatic N) is 2. The third-order valence-corrected chi connectivity index (χ3v) is 6.12. The molecule has 0 aliphatic carbocycles. The van der Waals surface area contributed by atoms with E-state index in [0.717, 1.165) is 15.7 Å². The maximum Gasteiger partial charge on any atom is 0.266 e. The van der Waals surface area contributed by atoms with E-state index in [9.17, 15) is 4.79 Å². The van der Waals surface area contributed by atoms with E-state index in [0.29, 0.717) is 15.9 Å². The summed E-state index contributed by atoms with van der Waals surface area (Å²) in [5.74, 6) is 1.12. The molecular formula is C19H18ClN3O2S2. The normalized spacial score (nSPS) is 11.8. The number of aromatic nitrogens is 2. The van der Waals surface area contributed by atoms with Gasteiger partial charge in [0, 0.05) is 10.8 Å². The molecule has 2 aromatic carbocycles. The molecule has 27 heavy (non-hydrogen) atoms. The number of hydrogen-bond donors (Lipinski definition) is 1. The van der Waals surface area contributed by atoms with Gasteiger partial charge in [-0.2, -0.15) is 0 Å². The summed E-state index contributed by atoms with van der Waals surface area (Å²) in [7, 11) is 0. The van der Waals surface area contributed by atoms with Crippen molar-refractivity contribution in [1.29, 1.82) is 0 Å². The highest BCUT2D eigenvalue weighted by Crippen LogP contribution is 2.28. The average molecular weight is 420 g/mol. The predicted octanol–water partition coefficient (Wildman–Crippen LogP) is 5.20. The predicted molar refractivity (Wildman–Crippen MR) is 111 cm³/mol. The maximum absolute atomic E-state index is 12.3. The SMILES string of the molecule is Cc1cc(OC(C)C(=O)Nc2nnc(SCc3ccccc3)s2)ccc1Cl. The quantitative estimate of drug-likeness (QED) is 0.421. The van der Waals surface area contributed by atoms with E-state index >= 15 is 0 Å². The zero-order valence-electron chi connectivity index (χ0n) is 14.8. The number of ether oxygens (including phenoxy) is 1. The lowest BCUT2D eigenvalue weighted by Gasteiger charge is -2.14. The van der Waals surface area contributed by atoms with Gasteiger partial charge in [0.2, 0.25) is 5.13 Å². The van der Waals surface area contributed by atoms with Gasteiger partial charge in [0.05, 0.1) is 0 Å². The molecule has 0 saturated carbocycles. The minimum atomic E-state index is -0.671. The van der Waals surface area contributed by atoms with Crippen LogP contribution >= 0.6 is 34.7 Å². The number of anilines is 1. The molecule has 3 rings (SSSR count). The summed E-state index contributed by atoms with van der Waals surface area (Å²) >= 11 is 8.93. The molecule has 1 atom stereocenters. The van der Waals surface area contributed by atoms with Gasteiger partial charge >= 0.3 is 0 Å². The lowest BCUT2D eigenvalue weighted by molar-refractivity contribution is -0.122. The Bertz CT molecular complexity index is 918. The largest absolute Gasteiger partial charge is 0.481 e. The smallest absolute Gasteiger partial charge is 0.266 e. The lowest BCUT2D eigenvalue weighted by atomic mass is 10.2. The van der Waals surface area contributed by atoms with E-state index in [2.05, 4.69) is 27.6 Å². The zero-order valence-corrected chi connectivity index (χ0v) is 17.2. The standard InChI is InChI=1S/C19H18ClN3O2S2/c1-12-10-15(8-9-16(12)20)25-13(2)17(24)21-18-22-23-19(27-18)26-11-14-6-4-3-5-7-14/h3-10,13H,11H2,1-2H3,(H,21,22,24). The number of benzene rings is 2. The van der Waals surface area contributed by atoms with E-state index in [-0.39, 0.29) is 5.91 Å². The van der Waals surface area contributed by atoms with Crippen LogP contribution in [0.15, 0.2) is 52.9 Å². The van der Waals surface area contributed by atoms with Crippen molar-refractivity contribution >= 4 is 45.7 Å². The van der Waals surface area contributed by atoms with Crippen LogP contribution in [0, 0.1) is 6.92 Å². The molecule has 1 amide bonds. The molecule has 1 unspecified atom stereocenters. The van der Waals surface area contributed by atoms with Gasteiger partial charge in [0.1, 0.15) is 5.75 Å². The second kappa shape index (κ2) is 9.21. The minimum absolute atomic E-state index is 0.279. The Labute approximate surface area is 171 Å². The number of carbonyl (C=O) groups is 1. The number of amides is 1. The molecule has 3 aromatic rings. The van der Waals surface area contributed by atoms with Crippen molar-refractivity contribution in [2.75, 3.05) is 5.32 Å². The van der Waals surface area contributed by atoms with E-state index in [4.69, 9.17) is 16.3 Å². The van der Waals surface area contributed by atoms with Crippen LogP contribution in [0.2, 0.25) is 5.02 Å². The maximum atomic E-state index is 12.3. The minimum Gasteiger partial charge on any atom is -0.481 e. The first-order valence-corrected chi connectivity index (χ1v) is 10.4. The molecule has 1 N–H and O–H groups in total. The number of hydrogen-bond acceptors (Lipinski definition) is 6. The first-order chi connectivity index (χ1) is 13.0. The molecule has 0 aliphatic rings. The van der Waals surface area contributed by atoms with Crippen LogP contribution in [0.3, 0.4) is 0 Å². The van der Waals surface area contributed by atoms with Crippen molar-refractivity contribution in [2.45, 2.75) is 30.0 Å². The Morgan fingerprint density at radius 1 is 1.26 bits per heavy atom. The number of thioether (sulfide) groups is 1. The van der Waals surface area contributed by atoms with Crippen molar-refractivity contribution in [1.82, 2.24) is 10.2 Å². The Morgan fingerprint density at radius 2 is 2.04 bits per heavy atom. The van der Waals surface area contributed by atoms with Gasteiger partial charge in [-0.3, -0.25) is 10.1 Å². The summed E-state index contributed by atoms with van der Waals surface area (Å²) in [5, 5.41) is 12.0. The number of rotatable bonds is 7. The van der Waals surface area contributed by atoms with E-state index < -0.39 is 6.10 Å². The highest BCUT2D eigenvalue weighted by Gasteiger charge is 2.17. The fourth-order valence-corrected chi connectivity index (χ4v) is 4.02. The van der Waals surface area contributed by atoms with Crippen LogP contribution in [-0.2, 0) is 10.5 Å². The average Bonchev–Trinajstić information content (AvgIpc) is 3.11. The molecule has 0 aliphatic heterocycles. The third-order valence-electron chi connectivity index (χ3n) is 3.65. The van der Waals surface area contributed by atoms with E-state index in [1.807, 2.05) is 25.1 Å². The van der Waals surface area contributed by atoms with Crippen molar-refractivity contribution in [3.63, 3.8) is 0 Å². The molecule has 0 saturated heterocycles. The van der Waals surface area contributed by atoms with Crippen molar-refractivity contribution < 1.29 is 9.53 Å². The van der Waals surface area contributed by atoms with Gasteiger partial charge in [0.25, 0.3) is 5.91 Å². The molecule has 140 valence electrons. The van der Waals surface area contributed by atoms with Gasteiger partial charge < -0.3 is 4.74 Å². The summed E-state index contributed by atoms with van der Waals surface area (Å²) in [6, 6.07) is 15.4. The summed E-state index contributed by atoms with van der Waals surface area (Å²) < 4.78 is 6.48. The molecule has 0 fully saturated rings. The van der Waals surface area contributed by atoms with Crippen LogP contribution in [0.4, 0.5) is 5.13 Å². The Hall–Kier alpha value is -2.09. The second-order valence-corrected chi connectivity index (χ2v) is 8.41. The van der Waals surface area contributed by atoms with Crippen molar-refractivity contribution in [2.24, 2.45) is 0 Å². The molecule has 0 bridgehead atoms. The highest BCUT2D eigenvalue weighted by molar-refractivity contribution is 8.00. The molecule has 8 heteroatoms. The molecule has 0 spiro atoms. The second-order valence-electron chi connectivity index (χ2n) is 5.81. The monoisotopic (exact) mass is 419 g/mol. The van der Waals surface area contributed by atoms with Crippen molar-refractivity contribution in [3.05, 3.63) is 64.7 Å². The number of nitrogens with one attached hydrogen (secondary N) is 1. The topological polar surface area (TPSA) is 64.1 Å². The number of aryl methyl sites for hydroxylation is 1. The summed E-state index contributed by atoms with van der Waals surface area (Å²) in [6.07, 6.45) is -0.671. The molecule has 1 heterocycles. The molecule has 1 aromatic heterocycles. The summed E-state index contributed by atoms with van der Waals surface area (Å²) in [5.41, 5.74) is 2.11. The van der Waals surface area contributed by atoms with Gasteiger partial charge in [-0.1, -0.05) is 65.0 Å². The Kier molecular flexibility index (Phi) is 6.71. The number of carbonyl (C=O) groups excluding carboxylic acids is 1. The first-order valence-electron chi connectivity index (χ1n) is 8.25. The van der Waals surface area contributed by atoms with Crippen LogP contribution < -0.4 is 10.1 Å². The fraction of sp³-hybridized carbons (Fsp3) is 0.211. The van der Waals surface area contributed by atoms with Crippen LogP contribution in [0.25, 0.3) is 0 Å². The summed E-state index contributed by atoms with van der Waals surface area (Å²) in [4.78, 5) is 12.3. The first kappa shape index (κ1) is 19.7. The van der Waals surface area contributed by atoms with Crippen LogP contribution in [-0.4, -0.2) is 22.2 Å². The molecule has 5 nitrogen and oxygen atoms in total. The van der Waals surface area contributed by atoms with Gasteiger partial charge in [-0.15, -0.1) is 10.2 Å². The molecular weight excluding hydrogens is 402 g/mol. The van der Waals surface area contributed by atoms with Crippen LogP contribution in [0.1, 0.15) is 18.1 Å². The number of halogens is 1. The van der Waals surface area contributed by atoms with Crippen molar-refractivity contribution in [3.8, 4) is 5.75 Å². The van der Waals surface area contributed by atoms with E-state index in [1.54, 1.807) is 36.9 Å². The highest BCUT2D eigenvalue weighted by atomic mass is 35.5. The van der Waals surface area contributed by atoms with Gasteiger partial charge in [-0.25, -0.2) is 0 Å². The van der Waals surface area contributed by atoms with E-state index in [1.165, 1.54) is 16.9 Å². The fourth-order valence-electron chi connectivity index (χ4n) is 2.19. The van der Waals surface area contributed by atoms with Crippen LogP contribution in [0.5, 0.6) is 5.75 Å². The lowest BCUT2D eigenvalue weighted by Crippen LogP contribution is -2.30. The Balaban J connectivity index is 1.52. The third kappa shape index (κ3) is 5.69. The summed E-state index contributed by atoms with van der Waals surface area (Å²) in [6.45, 7) is 3.57.